The highest BCUT2D eigenvalue weighted by molar-refractivity contribution is 7.89. The number of nitrogens with one attached hydrogen (secondary N) is 4. The third-order valence-electron chi connectivity index (χ3n) is 4.16. The second-order valence-corrected chi connectivity index (χ2v) is 10.7. The number of hydrogen-bond donors (Lipinski definition) is 4. The molecule has 10 nitrogen and oxygen atoms in total. The third-order valence-corrected chi connectivity index (χ3v) is 7.23. The summed E-state index contributed by atoms with van der Waals surface area (Å²) in [6.45, 7) is 3.50. The lowest BCUT2D eigenvalue weighted by Crippen LogP contribution is -2.30. The zero-order valence-corrected chi connectivity index (χ0v) is 19.3. The van der Waals surface area contributed by atoms with E-state index in [9.17, 15) is 16.8 Å². The standard InChI is InChI=1S/C20H24N6O4S2/c1-14(2)26-32(29,30)18-9-5-7-16(11-18)25-20-12-19(22-13-23-20)24-15-6-4-8-17(10-15)31(27,28)21-3/h4-14,21,26H,1-3H3,(H2,22,23,24,25). The average Bonchev–Trinajstić information content (AvgIpc) is 2.73. The summed E-state index contributed by atoms with van der Waals surface area (Å²) in [5, 5.41) is 6.09. The maximum atomic E-state index is 12.4. The monoisotopic (exact) mass is 476 g/mol. The van der Waals surface area contributed by atoms with E-state index in [1.54, 1.807) is 44.2 Å². The van der Waals surface area contributed by atoms with Crippen molar-refractivity contribution in [3.05, 3.63) is 60.9 Å². The number of anilines is 4. The average molecular weight is 477 g/mol. The highest BCUT2D eigenvalue weighted by Crippen LogP contribution is 2.23. The van der Waals surface area contributed by atoms with Gasteiger partial charge >= 0.3 is 0 Å². The molecule has 0 amide bonds. The molecule has 3 rings (SSSR count). The van der Waals surface area contributed by atoms with Gasteiger partial charge in [0.25, 0.3) is 0 Å². The fraction of sp³-hybridized carbons (Fsp3) is 0.200. The van der Waals surface area contributed by atoms with Crippen molar-refractivity contribution in [3.63, 3.8) is 0 Å². The smallest absolute Gasteiger partial charge is 0.240 e. The van der Waals surface area contributed by atoms with Gasteiger partial charge in [0.1, 0.15) is 18.0 Å². The van der Waals surface area contributed by atoms with Crippen molar-refractivity contribution >= 4 is 43.1 Å². The molecule has 1 heterocycles. The fourth-order valence-electron chi connectivity index (χ4n) is 2.77. The van der Waals surface area contributed by atoms with Gasteiger partial charge in [-0.3, -0.25) is 0 Å². The van der Waals surface area contributed by atoms with Crippen molar-refractivity contribution < 1.29 is 16.8 Å². The lowest BCUT2D eigenvalue weighted by Gasteiger charge is -2.12. The minimum absolute atomic E-state index is 0.116. The molecule has 2 aromatic carbocycles. The first-order valence-corrected chi connectivity index (χ1v) is 12.6. The lowest BCUT2D eigenvalue weighted by molar-refractivity contribution is 0.569. The summed E-state index contributed by atoms with van der Waals surface area (Å²) in [5.74, 6) is 0.847. The van der Waals surface area contributed by atoms with E-state index in [2.05, 4.69) is 30.0 Å². The molecule has 1 aromatic heterocycles. The van der Waals surface area contributed by atoms with Gasteiger partial charge in [0.05, 0.1) is 9.79 Å². The molecule has 0 unspecified atom stereocenters. The van der Waals surface area contributed by atoms with E-state index in [4.69, 9.17) is 0 Å². The molecule has 12 heteroatoms. The second-order valence-electron chi connectivity index (χ2n) is 7.08. The number of rotatable bonds is 9. The molecule has 170 valence electrons. The van der Waals surface area contributed by atoms with Gasteiger partial charge in [-0.15, -0.1) is 0 Å². The third kappa shape index (κ3) is 6.01. The van der Waals surface area contributed by atoms with Crippen LogP contribution in [-0.2, 0) is 20.0 Å². The highest BCUT2D eigenvalue weighted by Gasteiger charge is 2.16. The van der Waals surface area contributed by atoms with Gasteiger partial charge in [0.2, 0.25) is 20.0 Å². The Labute approximate surface area is 187 Å². The molecule has 0 saturated heterocycles. The van der Waals surface area contributed by atoms with Crippen LogP contribution in [0.3, 0.4) is 0 Å². The summed E-state index contributed by atoms with van der Waals surface area (Å²) < 4.78 is 53.6. The number of nitrogens with zero attached hydrogens (tertiary/aromatic N) is 2. The Morgan fingerprint density at radius 1 is 0.750 bits per heavy atom. The lowest BCUT2D eigenvalue weighted by atomic mass is 10.3. The quantitative estimate of drug-likeness (QED) is 0.369. The maximum absolute atomic E-state index is 12.4. The topological polar surface area (TPSA) is 142 Å². The molecule has 0 bridgehead atoms. The van der Waals surface area contributed by atoms with E-state index >= 15 is 0 Å². The molecule has 0 atom stereocenters. The molecule has 0 aliphatic rings. The van der Waals surface area contributed by atoms with Gasteiger partial charge in [-0.05, 0) is 57.3 Å². The number of aromatic nitrogens is 2. The predicted octanol–water partition coefficient (Wildman–Crippen LogP) is 2.56. The molecular weight excluding hydrogens is 452 g/mol. The zero-order valence-electron chi connectivity index (χ0n) is 17.7. The largest absolute Gasteiger partial charge is 0.340 e. The first-order chi connectivity index (χ1) is 15.1. The van der Waals surface area contributed by atoms with Crippen molar-refractivity contribution in [3.8, 4) is 0 Å². The summed E-state index contributed by atoms with van der Waals surface area (Å²) in [4.78, 5) is 8.54. The van der Waals surface area contributed by atoms with Crippen LogP contribution in [0.2, 0.25) is 0 Å². The minimum Gasteiger partial charge on any atom is -0.340 e. The first kappa shape index (κ1) is 23.6. The fourth-order valence-corrected chi connectivity index (χ4v) is 4.84. The molecule has 4 N–H and O–H groups in total. The van der Waals surface area contributed by atoms with Gasteiger partial charge in [0.15, 0.2) is 0 Å². The van der Waals surface area contributed by atoms with Crippen LogP contribution in [0.1, 0.15) is 13.8 Å². The van der Waals surface area contributed by atoms with E-state index in [1.807, 2.05) is 0 Å². The Bertz CT molecular complexity index is 1310. The SMILES string of the molecule is CNS(=O)(=O)c1cccc(Nc2cc(Nc3cccc(S(=O)(=O)NC(C)C)c3)ncn2)c1. The van der Waals surface area contributed by atoms with Gasteiger partial charge in [-0.1, -0.05) is 12.1 Å². The summed E-state index contributed by atoms with van der Waals surface area (Å²) in [5.41, 5.74) is 1.06. The van der Waals surface area contributed by atoms with Crippen LogP contribution in [0.25, 0.3) is 0 Å². The Morgan fingerprint density at radius 2 is 1.25 bits per heavy atom. The first-order valence-electron chi connectivity index (χ1n) is 9.61. The molecule has 0 spiro atoms. The number of sulfonamides is 2. The van der Waals surface area contributed by atoms with E-state index in [0.29, 0.717) is 23.0 Å². The summed E-state index contributed by atoms with van der Waals surface area (Å²) in [7, 11) is -5.86. The Balaban J connectivity index is 1.80. The zero-order chi connectivity index (χ0) is 23.4. The summed E-state index contributed by atoms with van der Waals surface area (Å²) >= 11 is 0. The minimum atomic E-state index is -3.63. The molecule has 0 saturated carbocycles. The normalized spacial score (nSPS) is 12.0. The Kier molecular flexibility index (Phi) is 7.09. The van der Waals surface area contributed by atoms with Crippen LogP contribution in [0.15, 0.2) is 70.7 Å². The molecule has 32 heavy (non-hydrogen) atoms. The molecule has 0 radical (unpaired) electrons. The van der Waals surface area contributed by atoms with Crippen LogP contribution in [0, 0.1) is 0 Å². The van der Waals surface area contributed by atoms with Crippen molar-refractivity contribution in [1.82, 2.24) is 19.4 Å². The highest BCUT2D eigenvalue weighted by atomic mass is 32.2. The number of benzene rings is 2. The van der Waals surface area contributed by atoms with Crippen LogP contribution in [0.5, 0.6) is 0 Å². The summed E-state index contributed by atoms with van der Waals surface area (Å²) in [6, 6.07) is 14.0. The van der Waals surface area contributed by atoms with Crippen molar-refractivity contribution in [2.75, 3.05) is 17.7 Å². The van der Waals surface area contributed by atoms with E-state index in [1.165, 1.54) is 37.6 Å². The van der Waals surface area contributed by atoms with Crippen LogP contribution in [-0.4, -0.2) is 39.9 Å². The van der Waals surface area contributed by atoms with Gasteiger partial charge in [-0.2, -0.15) is 0 Å². The van der Waals surface area contributed by atoms with E-state index < -0.39 is 20.0 Å². The Hall–Kier alpha value is -3.06. The summed E-state index contributed by atoms with van der Waals surface area (Å²) in [6.07, 6.45) is 1.33. The van der Waals surface area contributed by atoms with Gasteiger partial charge in [0, 0.05) is 23.5 Å². The molecular formula is C20H24N6O4S2. The second kappa shape index (κ2) is 9.61. The van der Waals surface area contributed by atoms with E-state index in [0.717, 1.165) is 0 Å². The van der Waals surface area contributed by atoms with Crippen molar-refractivity contribution in [2.45, 2.75) is 29.7 Å². The number of hydrogen-bond acceptors (Lipinski definition) is 8. The molecule has 0 aliphatic carbocycles. The molecule has 0 fully saturated rings. The molecule has 0 aliphatic heterocycles. The van der Waals surface area contributed by atoms with Gasteiger partial charge < -0.3 is 10.6 Å². The predicted molar refractivity (Wildman–Crippen MR) is 123 cm³/mol. The van der Waals surface area contributed by atoms with Crippen LogP contribution < -0.4 is 20.1 Å². The van der Waals surface area contributed by atoms with Crippen LogP contribution >= 0.6 is 0 Å². The van der Waals surface area contributed by atoms with Crippen molar-refractivity contribution in [1.29, 1.82) is 0 Å². The van der Waals surface area contributed by atoms with Crippen LogP contribution in [0.4, 0.5) is 23.0 Å². The maximum Gasteiger partial charge on any atom is 0.240 e. The Morgan fingerprint density at radius 3 is 1.72 bits per heavy atom. The van der Waals surface area contributed by atoms with E-state index in [-0.39, 0.29) is 15.8 Å². The van der Waals surface area contributed by atoms with Crippen molar-refractivity contribution in [2.24, 2.45) is 0 Å². The molecule has 3 aromatic rings. The van der Waals surface area contributed by atoms with Gasteiger partial charge in [-0.25, -0.2) is 36.2 Å².